The Bertz CT molecular complexity index is 761. The van der Waals surface area contributed by atoms with Crippen LogP contribution in [0, 0.1) is 6.92 Å². The van der Waals surface area contributed by atoms with Crippen LogP contribution >= 0.6 is 0 Å². The summed E-state index contributed by atoms with van der Waals surface area (Å²) < 4.78 is 5.16. The lowest BCUT2D eigenvalue weighted by Gasteiger charge is -2.37. The van der Waals surface area contributed by atoms with Crippen molar-refractivity contribution in [2.75, 3.05) is 11.9 Å². The van der Waals surface area contributed by atoms with Gasteiger partial charge in [0.15, 0.2) is 0 Å². The molecule has 0 bridgehead atoms. The lowest BCUT2D eigenvalue weighted by Crippen LogP contribution is -2.62. The number of hydrogen-bond donors (Lipinski definition) is 5. The first-order valence-corrected chi connectivity index (χ1v) is 7.19. The highest BCUT2D eigenvalue weighted by atomic mass is 16.7. The smallest absolute Gasteiger partial charge is 0.336 e. The number of aryl methyl sites for hydroxylation is 1. The van der Waals surface area contributed by atoms with Crippen molar-refractivity contribution >= 4 is 16.7 Å². The number of aliphatic hydroxyl groups is 3. The van der Waals surface area contributed by atoms with Crippen molar-refractivity contribution in [2.45, 2.75) is 31.4 Å². The van der Waals surface area contributed by atoms with Crippen LogP contribution in [-0.4, -0.2) is 46.4 Å². The van der Waals surface area contributed by atoms with Gasteiger partial charge in [-0.2, -0.15) is 5.48 Å². The maximum atomic E-state index is 11.5. The number of rotatable bonds is 3. The van der Waals surface area contributed by atoms with Crippen molar-refractivity contribution in [3.8, 4) is 0 Å². The molecular weight excluding hydrogens is 304 g/mol. The lowest BCUT2D eigenvalue weighted by molar-refractivity contribution is -0.197. The van der Waals surface area contributed by atoms with E-state index in [1.165, 1.54) is 6.07 Å². The Balaban J connectivity index is 1.83. The highest BCUT2D eigenvalue weighted by Gasteiger charge is 2.38. The summed E-state index contributed by atoms with van der Waals surface area (Å²) in [5.41, 5.74) is 3.90. The molecule has 0 spiro atoms. The maximum absolute atomic E-state index is 11.5. The van der Waals surface area contributed by atoms with Crippen molar-refractivity contribution in [3.05, 3.63) is 40.2 Å². The number of anilines is 1. The van der Waals surface area contributed by atoms with Crippen molar-refractivity contribution in [1.29, 1.82) is 0 Å². The van der Waals surface area contributed by atoms with E-state index in [0.717, 1.165) is 10.9 Å². The van der Waals surface area contributed by atoms with E-state index in [1.807, 2.05) is 6.92 Å². The molecule has 1 aromatic heterocycles. The fourth-order valence-electron chi connectivity index (χ4n) is 2.57. The molecule has 5 N–H and O–H groups in total. The van der Waals surface area contributed by atoms with E-state index in [2.05, 4.69) is 10.8 Å². The number of fused-ring (bicyclic) bond motifs is 1. The molecule has 23 heavy (non-hydrogen) atoms. The van der Waals surface area contributed by atoms with Gasteiger partial charge in [0.05, 0.1) is 6.61 Å². The first-order valence-electron chi connectivity index (χ1n) is 7.19. The van der Waals surface area contributed by atoms with Gasteiger partial charge in [-0.05, 0) is 24.6 Å². The molecule has 124 valence electrons. The fourth-order valence-corrected chi connectivity index (χ4v) is 2.57. The van der Waals surface area contributed by atoms with Crippen LogP contribution in [-0.2, 0) is 4.84 Å². The number of hydrogen-bond acceptors (Lipinski definition) is 8. The Hall–Kier alpha value is -1.97. The van der Waals surface area contributed by atoms with Gasteiger partial charge in [0, 0.05) is 23.2 Å². The minimum Gasteiger partial charge on any atom is -0.423 e. The van der Waals surface area contributed by atoms with E-state index in [9.17, 15) is 15.0 Å². The Morgan fingerprint density at radius 3 is 2.78 bits per heavy atom. The molecule has 0 saturated carbocycles. The lowest BCUT2D eigenvalue weighted by atomic mass is 10.0. The van der Waals surface area contributed by atoms with Gasteiger partial charge < -0.3 is 25.1 Å². The summed E-state index contributed by atoms with van der Waals surface area (Å²) in [6.07, 6.45) is -4.12. The summed E-state index contributed by atoms with van der Waals surface area (Å²) in [4.78, 5) is 16.5. The molecule has 0 aliphatic carbocycles. The van der Waals surface area contributed by atoms with Crippen LogP contribution in [0.25, 0.3) is 11.0 Å². The third kappa shape index (κ3) is 3.07. The summed E-state index contributed by atoms with van der Waals surface area (Å²) >= 11 is 0. The van der Waals surface area contributed by atoms with E-state index in [0.29, 0.717) is 11.3 Å². The second-order valence-corrected chi connectivity index (χ2v) is 5.52. The summed E-state index contributed by atoms with van der Waals surface area (Å²) in [5, 5.41) is 32.7. The zero-order valence-corrected chi connectivity index (χ0v) is 12.4. The van der Waals surface area contributed by atoms with E-state index >= 15 is 0 Å². The van der Waals surface area contributed by atoms with Gasteiger partial charge in [0.2, 0.25) is 0 Å². The molecule has 0 amide bonds. The number of hydroxylamine groups is 1. The van der Waals surface area contributed by atoms with Crippen LogP contribution in [0.4, 0.5) is 5.69 Å². The van der Waals surface area contributed by atoms with Gasteiger partial charge in [0.1, 0.15) is 30.1 Å². The van der Waals surface area contributed by atoms with Crippen LogP contribution in [0.2, 0.25) is 0 Å². The molecule has 1 aromatic carbocycles. The number of benzene rings is 1. The van der Waals surface area contributed by atoms with E-state index in [4.69, 9.17) is 14.4 Å². The molecule has 2 heterocycles. The van der Waals surface area contributed by atoms with Gasteiger partial charge in [0.25, 0.3) is 0 Å². The average molecular weight is 322 g/mol. The van der Waals surface area contributed by atoms with Crippen LogP contribution < -0.4 is 16.4 Å². The van der Waals surface area contributed by atoms with Crippen LogP contribution in [0.15, 0.2) is 33.5 Å². The highest BCUT2D eigenvalue weighted by molar-refractivity contribution is 5.83. The third-order valence-corrected chi connectivity index (χ3v) is 3.87. The monoisotopic (exact) mass is 322 g/mol. The maximum Gasteiger partial charge on any atom is 0.336 e. The second kappa shape index (κ2) is 6.26. The second-order valence-electron chi connectivity index (χ2n) is 5.52. The van der Waals surface area contributed by atoms with Crippen LogP contribution in [0.5, 0.6) is 0 Å². The van der Waals surface area contributed by atoms with Gasteiger partial charge in [-0.15, -0.1) is 0 Å². The Kier molecular flexibility index (Phi) is 4.33. The molecule has 3 unspecified atom stereocenters. The molecule has 1 aliphatic heterocycles. The minimum atomic E-state index is -1.24. The van der Waals surface area contributed by atoms with Gasteiger partial charge >= 0.3 is 5.63 Å². The summed E-state index contributed by atoms with van der Waals surface area (Å²) in [6.45, 7) is 1.40. The Labute approximate surface area is 131 Å². The van der Waals surface area contributed by atoms with Gasteiger partial charge in [-0.1, -0.05) is 0 Å². The largest absolute Gasteiger partial charge is 0.423 e. The van der Waals surface area contributed by atoms with Crippen LogP contribution in [0.1, 0.15) is 5.56 Å². The SMILES string of the molecule is Cc1cc(=O)oc2cc(NC3NOC(CO)[C@H](O)C3O)ccc12. The molecule has 1 fully saturated rings. The zero-order valence-electron chi connectivity index (χ0n) is 12.4. The third-order valence-electron chi connectivity index (χ3n) is 3.87. The molecule has 8 nitrogen and oxygen atoms in total. The van der Waals surface area contributed by atoms with E-state index in [1.54, 1.807) is 18.2 Å². The summed E-state index contributed by atoms with van der Waals surface area (Å²) in [5.74, 6) is 0. The summed E-state index contributed by atoms with van der Waals surface area (Å²) in [7, 11) is 0. The number of aliphatic hydroxyl groups excluding tert-OH is 3. The Morgan fingerprint density at radius 2 is 2.04 bits per heavy atom. The Morgan fingerprint density at radius 1 is 1.26 bits per heavy atom. The van der Waals surface area contributed by atoms with E-state index in [-0.39, 0.29) is 0 Å². The van der Waals surface area contributed by atoms with Crippen LogP contribution in [0.3, 0.4) is 0 Å². The standard InChI is InChI=1S/C15H18N2O6/c1-7-4-12(19)22-10-5-8(2-3-9(7)10)16-15-14(21)13(20)11(6-18)23-17-15/h2-5,11,13-18,20-21H,6H2,1H3/t11?,13-,14?,15?/m0/s1. The first kappa shape index (κ1) is 15.9. The first-order chi connectivity index (χ1) is 11.0. The van der Waals surface area contributed by atoms with Crippen molar-refractivity contribution in [2.24, 2.45) is 0 Å². The number of nitrogens with one attached hydrogen (secondary N) is 2. The van der Waals surface area contributed by atoms with Crippen molar-refractivity contribution < 1.29 is 24.6 Å². The predicted molar refractivity (Wildman–Crippen MR) is 81.7 cm³/mol. The highest BCUT2D eigenvalue weighted by Crippen LogP contribution is 2.22. The topological polar surface area (TPSA) is 124 Å². The molecule has 3 rings (SSSR count). The zero-order chi connectivity index (χ0) is 16.6. The normalized spacial score (nSPS) is 28.0. The van der Waals surface area contributed by atoms with Gasteiger partial charge in [-0.3, -0.25) is 4.84 Å². The molecule has 2 aromatic rings. The quantitative estimate of drug-likeness (QED) is 0.477. The van der Waals surface area contributed by atoms with Crippen molar-refractivity contribution in [3.63, 3.8) is 0 Å². The fraction of sp³-hybridized carbons (Fsp3) is 0.400. The minimum absolute atomic E-state index is 0.417. The molecule has 8 heteroatoms. The molecule has 1 saturated heterocycles. The predicted octanol–water partition coefficient (Wildman–Crippen LogP) is -0.543. The molecular formula is C15H18N2O6. The molecule has 1 aliphatic rings. The summed E-state index contributed by atoms with van der Waals surface area (Å²) in [6, 6.07) is 6.59. The average Bonchev–Trinajstić information content (AvgIpc) is 2.51. The molecule has 0 radical (unpaired) electrons. The van der Waals surface area contributed by atoms with Gasteiger partial charge in [-0.25, -0.2) is 4.79 Å². The van der Waals surface area contributed by atoms with Crippen molar-refractivity contribution in [1.82, 2.24) is 5.48 Å². The van der Waals surface area contributed by atoms with E-state index < -0.39 is 36.7 Å². The molecule has 4 atom stereocenters.